The number of hydrogen-bond donors (Lipinski definition) is 2. The Kier molecular flexibility index (Phi) is 5.04. The molecule has 0 saturated heterocycles. The average molecular weight is 324 g/mol. The maximum atomic E-state index is 11.3. The van der Waals surface area contributed by atoms with Crippen LogP contribution in [0.15, 0.2) is 42.5 Å². The molecule has 4 nitrogen and oxygen atoms in total. The third-order valence-electron chi connectivity index (χ3n) is 4.66. The molecule has 1 aliphatic carbocycles. The van der Waals surface area contributed by atoms with Crippen molar-refractivity contribution >= 4 is 17.3 Å². The molecule has 0 fully saturated rings. The Morgan fingerprint density at radius 3 is 2.92 bits per heavy atom. The van der Waals surface area contributed by atoms with E-state index in [9.17, 15) is 4.79 Å². The molecule has 1 aliphatic rings. The predicted molar refractivity (Wildman–Crippen MR) is 96.9 cm³/mol. The first-order valence-corrected chi connectivity index (χ1v) is 8.47. The molecule has 0 aliphatic heterocycles. The van der Waals surface area contributed by atoms with Gasteiger partial charge in [0.05, 0.1) is 24.5 Å². The van der Waals surface area contributed by atoms with Gasteiger partial charge < -0.3 is 15.8 Å². The van der Waals surface area contributed by atoms with Gasteiger partial charge >= 0.3 is 5.97 Å². The molecule has 0 aromatic heterocycles. The molecule has 126 valence electrons. The second kappa shape index (κ2) is 7.39. The van der Waals surface area contributed by atoms with Crippen LogP contribution in [0, 0.1) is 0 Å². The summed E-state index contributed by atoms with van der Waals surface area (Å²) in [6.07, 6.45) is 4.46. The number of fused-ring (bicyclic) bond motifs is 1. The molecule has 0 spiro atoms. The lowest BCUT2D eigenvalue weighted by atomic mass is 9.87. The number of aryl methyl sites for hydroxylation is 2. The third kappa shape index (κ3) is 3.70. The summed E-state index contributed by atoms with van der Waals surface area (Å²) in [5, 5.41) is 3.59. The average Bonchev–Trinajstić information content (AvgIpc) is 2.62. The Balaban J connectivity index is 1.71. The summed E-state index contributed by atoms with van der Waals surface area (Å²) >= 11 is 0. The van der Waals surface area contributed by atoms with Crippen LogP contribution in [-0.4, -0.2) is 13.1 Å². The fourth-order valence-electron chi connectivity index (χ4n) is 3.34. The van der Waals surface area contributed by atoms with Crippen molar-refractivity contribution in [3.05, 3.63) is 59.2 Å². The van der Waals surface area contributed by atoms with Crippen molar-refractivity contribution in [3.63, 3.8) is 0 Å². The number of benzene rings is 2. The minimum Gasteiger partial charge on any atom is -0.469 e. The first kappa shape index (κ1) is 16.4. The summed E-state index contributed by atoms with van der Waals surface area (Å²) in [4.78, 5) is 11.3. The molecular weight excluding hydrogens is 300 g/mol. The van der Waals surface area contributed by atoms with Crippen LogP contribution >= 0.6 is 0 Å². The zero-order valence-electron chi connectivity index (χ0n) is 14.0. The molecule has 2 aromatic rings. The smallest absolute Gasteiger partial charge is 0.305 e. The molecule has 3 rings (SSSR count). The summed E-state index contributed by atoms with van der Waals surface area (Å²) < 4.78 is 4.68. The van der Waals surface area contributed by atoms with E-state index in [1.807, 2.05) is 18.2 Å². The van der Waals surface area contributed by atoms with Crippen molar-refractivity contribution < 1.29 is 9.53 Å². The zero-order chi connectivity index (χ0) is 16.9. The standard InChI is InChI=1S/C20H24N2O2/c1-24-20(23)12-10-14-9-11-19(17(21)13-14)22-18-8-4-6-15-5-2-3-7-16(15)18/h2-3,5,7,9,11,13,18,22H,4,6,8,10,12,21H2,1H3/t18-/m1/s1. The Bertz CT molecular complexity index is 727. The quantitative estimate of drug-likeness (QED) is 0.647. The summed E-state index contributed by atoms with van der Waals surface area (Å²) in [6, 6.07) is 14.9. The Morgan fingerprint density at radius 1 is 1.29 bits per heavy atom. The number of nitrogen functional groups attached to an aromatic ring is 1. The zero-order valence-corrected chi connectivity index (χ0v) is 14.0. The van der Waals surface area contributed by atoms with Gasteiger partial charge in [-0.15, -0.1) is 0 Å². The van der Waals surface area contributed by atoms with Gasteiger partial charge in [-0.1, -0.05) is 30.3 Å². The van der Waals surface area contributed by atoms with Gasteiger partial charge in [-0.3, -0.25) is 4.79 Å². The van der Waals surface area contributed by atoms with E-state index >= 15 is 0 Å². The lowest BCUT2D eigenvalue weighted by Gasteiger charge is -2.28. The Hall–Kier alpha value is -2.49. The van der Waals surface area contributed by atoms with Crippen LogP contribution in [0.1, 0.15) is 42.0 Å². The number of anilines is 2. The molecule has 0 heterocycles. The van der Waals surface area contributed by atoms with E-state index in [4.69, 9.17) is 5.73 Å². The molecule has 24 heavy (non-hydrogen) atoms. The molecule has 1 atom stereocenters. The lowest BCUT2D eigenvalue weighted by molar-refractivity contribution is -0.140. The van der Waals surface area contributed by atoms with Gasteiger partial charge in [0.15, 0.2) is 0 Å². The summed E-state index contributed by atoms with van der Waals surface area (Å²) in [5.74, 6) is -0.199. The fraction of sp³-hybridized carbons (Fsp3) is 0.350. The molecular formula is C20H24N2O2. The molecule has 0 bridgehead atoms. The molecule has 0 amide bonds. The SMILES string of the molecule is COC(=O)CCc1ccc(N[C@@H]2CCCc3ccccc32)c(N)c1. The van der Waals surface area contributed by atoms with Gasteiger partial charge in [0.2, 0.25) is 0 Å². The van der Waals surface area contributed by atoms with Gasteiger partial charge in [-0.25, -0.2) is 0 Å². The van der Waals surface area contributed by atoms with Crippen LogP contribution in [0.3, 0.4) is 0 Å². The second-order valence-electron chi connectivity index (χ2n) is 6.29. The number of nitrogens with one attached hydrogen (secondary N) is 1. The maximum absolute atomic E-state index is 11.3. The minimum atomic E-state index is -0.199. The number of carbonyl (C=O) groups is 1. The monoisotopic (exact) mass is 324 g/mol. The summed E-state index contributed by atoms with van der Waals surface area (Å²) in [7, 11) is 1.41. The summed E-state index contributed by atoms with van der Waals surface area (Å²) in [6.45, 7) is 0. The van der Waals surface area contributed by atoms with Crippen LogP contribution < -0.4 is 11.1 Å². The second-order valence-corrected chi connectivity index (χ2v) is 6.29. The topological polar surface area (TPSA) is 64.3 Å². The van der Waals surface area contributed by atoms with Gasteiger partial charge in [-0.05, 0) is 54.5 Å². The van der Waals surface area contributed by atoms with E-state index in [0.717, 1.165) is 29.8 Å². The van der Waals surface area contributed by atoms with E-state index in [2.05, 4.69) is 34.3 Å². The summed E-state index contributed by atoms with van der Waals surface area (Å²) in [5.41, 5.74) is 11.7. The third-order valence-corrected chi connectivity index (χ3v) is 4.66. The van der Waals surface area contributed by atoms with E-state index in [0.29, 0.717) is 18.9 Å². The van der Waals surface area contributed by atoms with E-state index < -0.39 is 0 Å². The molecule has 3 N–H and O–H groups in total. The number of carbonyl (C=O) groups excluding carboxylic acids is 1. The van der Waals surface area contributed by atoms with Crippen LogP contribution in [-0.2, 0) is 22.4 Å². The van der Waals surface area contributed by atoms with Gasteiger partial charge in [0, 0.05) is 6.42 Å². The highest BCUT2D eigenvalue weighted by Gasteiger charge is 2.20. The first-order chi connectivity index (χ1) is 11.7. The van der Waals surface area contributed by atoms with Gasteiger partial charge in [0.25, 0.3) is 0 Å². The van der Waals surface area contributed by atoms with Gasteiger partial charge in [0.1, 0.15) is 0 Å². The van der Waals surface area contributed by atoms with Crippen molar-refractivity contribution in [2.45, 2.75) is 38.1 Å². The molecule has 0 unspecified atom stereocenters. The highest BCUT2D eigenvalue weighted by molar-refractivity contribution is 5.71. The highest BCUT2D eigenvalue weighted by Crippen LogP contribution is 2.34. The van der Waals surface area contributed by atoms with Crippen molar-refractivity contribution in [2.75, 3.05) is 18.2 Å². The predicted octanol–water partition coefficient (Wildman–Crippen LogP) is 3.86. The highest BCUT2D eigenvalue weighted by atomic mass is 16.5. The minimum absolute atomic E-state index is 0.199. The fourth-order valence-corrected chi connectivity index (χ4v) is 3.34. The van der Waals surface area contributed by atoms with Crippen LogP contribution in [0.5, 0.6) is 0 Å². The van der Waals surface area contributed by atoms with Gasteiger partial charge in [-0.2, -0.15) is 0 Å². The van der Waals surface area contributed by atoms with E-state index in [1.54, 1.807) is 0 Å². The number of ether oxygens (including phenoxy) is 1. The van der Waals surface area contributed by atoms with E-state index in [-0.39, 0.29) is 5.97 Å². The lowest BCUT2D eigenvalue weighted by Crippen LogP contribution is -2.18. The van der Waals surface area contributed by atoms with Crippen LogP contribution in [0.25, 0.3) is 0 Å². The molecule has 2 aromatic carbocycles. The van der Waals surface area contributed by atoms with Crippen molar-refractivity contribution in [1.82, 2.24) is 0 Å². The normalized spacial score (nSPS) is 16.3. The number of hydrogen-bond acceptors (Lipinski definition) is 4. The number of rotatable bonds is 5. The first-order valence-electron chi connectivity index (χ1n) is 8.47. The molecule has 0 radical (unpaired) electrons. The van der Waals surface area contributed by atoms with Crippen molar-refractivity contribution in [3.8, 4) is 0 Å². The molecule has 0 saturated carbocycles. The number of esters is 1. The number of methoxy groups -OCH3 is 1. The Labute approximate surface area is 143 Å². The van der Waals surface area contributed by atoms with Crippen molar-refractivity contribution in [1.29, 1.82) is 0 Å². The Morgan fingerprint density at radius 2 is 2.12 bits per heavy atom. The maximum Gasteiger partial charge on any atom is 0.305 e. The van der Waals surface area contributed by atoms with Crippen LogP contribution in [0.2, 0.25) is 0 Å². The van der Waals surface area contributed by atoms with Crippen LogP contribution in [0.4, 0.5) is 11.4 Å². The molecule has 4 heteroatoms. The van der Waals surface area contributed by atoms with Crippen molar-refractivity contribution in [2.24, 2.45) is 0 Å². The van der Waals surface area contributed by atoms with E-state index in [1.165, 1.54) is 24.7 Å². The number of nitrogens with two attached hydrogens (primary N) is 1. The largest absolute Gasteiger partial charge is 0.469 e.